The molecule has 5 heteroatoms. The molecular weight excluding hydrogens is 400 g/mol. The molecular formula is C24H17ClN2OS. The van der Waals surface area contributed by atoms with Crippen molar-refractivity contribution in [3.63, 3.8) is 0 Å². The summed E-state index contributed by atoms with van der Waals surface area (Å²) in [7, 11) is 0. The summed E-state index contributed by atoms with van der Waals surface area (Å²) >= 11 is 7.71. The fourth-order valence-corrected chi connectivity index (χ4v) is 3.84. The van der Waals surface area contributed by atoms with E-state index in [1.807, 2.05) is 66.0 Å². The molecule has 142 valence electrons. The minimum Gasteiger partial charge on any atom is -0.323 e. The normalized spacial score (nSPS) is 10.9. The molecule has 0 bridgehead atoms. The molecule has 0 aliphatic heterocycles. The van der Waals surface area contributed by atoms with E-state index in [0.717, 1.165) is 33.1 Å². The number of aromatic nitrogens is 1. The van der Waals surface area contributed by atoms with Crippen LogP contribution < -0.4 is 5.32 Å². The van der Waals surface area contributed by atoms with Gasteiger partial charge in [-0.25, -0.2) is 4.98 Å². The van der Waals surface area contributed by atoms with E-state index in [2.05, 4.69) is 17.4 Å². The Hall–Kier alpha value is -3.21. The van der Waals surface area contributed by atoms with Gasteiger partial charge < -0.3 is 5.32 Å². The Balaban J connectivity index is 1.42. The number of halogens is 1. The average molecular weight is 417 g/mol. The molecule has 0 unspecified atom stereocenters. The number of amides is 1. The molecule has 0 spiro atoms. The summed E-state index contributed by atoms with van der Waals surface area (Å²) < 4.78 is 0. The van der Waals surface area contributed by atoms with Crippen molar-refractivity contribution in [3.05, 3.63) is 101 Å². The molecule has 0 saturated heterocycles. The Labute approximate surface area is 178 Å². The molecule has 0 radical (unpaired) electrons. The number of anilines is 1. The first-order chi connectivity index (χ1) is 14.2. The first-order valence-corrected chi connectivity index (χ1v) is 10.3. The molecule has 29 heavy (non-hydrogen) atoms. The Morgan fingerprint density at radius 2 is 1.62 bits per heavy atom. The molecule has 1 amide bonds. The van der Waals surface area contributed by atoms with Crippen LogP contribution in [0.15, 0.2) is 90.3 Å². The van der Waals surface area contributed by atoms with E-state index in [-0.39, 0.29) is 5.91 Å². The second-order valence-electron chi connectivity index (χ2n) is 6.33. The lowest BCUT2D eigenvalue weighted by molar-refractivity contribution is -0.111. The predicted octanol–water partition coefficient (Wildman–Crippen LogP) is 6.78. The lowest BCUT2D eigenvalue weighted by Gasteiger charge is -2.04. The summed E-state index contributed by atoms with van der Waals surface area (Å²) in [4.78, 5) is 16.9. The van der Waals surface area contributed by atoms with Gasteiger partial charge in [0.05, 0.1) is 5.69 Å². The highest BCUT2D eigenvalue weighted by Gasteiger charge is 2.07. The number of nitrogens with zero attached hydrogens (tertiary/aromatic N) is 1. The molecule has 4 rings (SSSR count). The topological polar surface area (TPSA) is 42.0 Å². The molecule has 3 nitrogen and oxygen atoms in total. The van der Waals surface area contributed by atoms with Crippen LogP contribution in [0.3, 0.4) is 0 Å². The van der Waals surface area contributed by atoms with E-state index < -0.39 is 0 Å². The van der Waals surface area contributed by atoms with Crippen molar-refractivity contribution in [2.24, 2.45) is 0 Å². The van der Waals surface area contributed by atoms with Crippen LogP contribution in [-0.4, -0.2) is 10.9 Å². The van der Waals surface area contributed by atoms with Gasteiger partial charge in [0, 0.05) is 33.3 Å². The predicted molar refractivity (Wildman–Crippen MR) is 122 cm³/mol. The third-order valence-corrected chi connectivity index (χ3v) is 5.53. The standard InChI is InChI=1S/C24H17ClN2OS/c25-21-9-5-4-6-17(21)12-15-23(28)26-20-13-10-18(11-14-20)22-16-29-24(27-22)19-7-2-1-3-8-19/h1-16H,(H,26,28)/b15-12+. The highest BCUT2D eigenvalue weighted by molar-refractivity contribution is 7.13. The number of thiazole rings is 1. The van der Waals surface area contributed by atoms with Crippen LogP contribution in [-0.2, 0) is 4.79 Å². The van der Waals surface area contributed by atoms with Gasteiger partial charge in [0.15, 0.2) is 0 Å². The van der Waals surface area contributed by atoms with E-state index in [4.69, 9.17) is 16.6 Å². The fraction of sp³-hybridized carbons (Fsp3) is 0. The summed E-state index contributed by atoms with van der Waals surface area (Å²) in [5.41, 5.74) is 4.56. The maximum Gasteiger partial charge on any atom is 0.248 e. The van der Waals surface area contributed by atoms with Crippen LogP contribution in [0.2, 0.25) is 5.02 Å². The SMILES string of the molecule is O=C(/C=C/c1ccccc1Cl)Nc1ccc(-c2csc(-c3ccccc3)n2)cc1. The number of carbonyl (C=O) groups is 1. The van der Waals surface area contributed by atoms with E-state index in [1.54, 1.807) is 23.5 Å². The van der Waals surface area contributed by atoms with Crippen LogP contribution in [0.4, 0.5) is 5.69 Å². The van der Waals surface area contributed by atoms with Crippen molar-refractivity contribution in [2.75, 3.05) is 5.32 Å². The van der Waals surface area contributed by atoms with Crippen molar-refractivity contribution in [2.45, 2.75) is 0 Å². The maximum absolute atomic E-state index is 12.2. The summed E-state index contributed by atoms with van der Waals surface area (Å²) in [6.07, 6.45) is 3.17. The van der Waals surface area contributed by atoms with Crippen molar-refractivity contribution in [3.8, 4) is 21.8 Å². The van der Waals surface area contributed by atoms with Gasteiger partial charge in [-0.2, -0.15) is 0 Å². The quantitative estimate of drug-likeness (QED) is 0.364. The molecule has 0 fully saturated rings. The highest BCUT2D eigenvalue weighted by Crippen LogP contribution is 2.29. The zero-order valence-corrected chi connectivity index (χ0v) is 17.0. The zero-order chi connectivity index (χ0) is 20.1. The number of hydrogen-bond donors (Lipinski definition) is 1. The average Bonchev–Trinajstić information content (AvgIpc) is 3.25. The van der Waals surface area contributed by atoms with Crippen LogP contribution in [0.25, 0.3) is 27.9 Å². The lowest BCUT2D eigenvalue weighted by atomic mass is 10.1. The van der Waals surface area contributed by atoms with Crippen LogP contribution >= 0.6 is 22.9 Å². The molecule has 0 atom stereocenters. The first kappa shape index (κ1) is 19.1. The monoisotopic (exact) mass is 416 g/mol. The summed E-state index contributed by atoms with van der Waals surface area (Å²) in [5.74, 6) is -0.210. The van der Waals surface area contributed by atoms with Gasteiger partial charge in [0.2, 0.25) is 5.91 Å². The highest BCUT2D eigenvalue weighted by atomic mass is 35.5. The summed E-state index contributed by atoms with van der Waals surface area (Å²) in [5, 5.41) is 6.50. The van der Waals surface area contributed by atoms with Gasteiger partial charge >= 0.3 is 0 Å². The van der Waals surface area contributed by atoms with E-state index in [1.165, 1.54) is 6.08 Å². The van der Waals surface area contributed by atoms with Gasteiger partial charge in [-0.05, 0) is 29.8 Å². The van der Waals surface area contributed by atoms with Crippen molar-refractivity contribution < 1.29 is 4.79 Å². The Morgan fingerprint density at radius 3 is 2.38 bits per heavy atom. The Morgan fingerprint density at radius 1 is 0.897 bits per heavy atom. The third kappa shape index (κ3) is 4.80. The van der Waals surface area contributed by atoms with Crippen LogP contribution in [0, 0.1) is 0 Å². The van der Waals surface area contributed by atoms with Gasteiger partial charge in [-0.15, -0.1) is 11.3 Å². The van der Waals surface area contributed by atoms with Crippen LogP contribution in [0.1, 0.15) is 5.56 Å². The van der Waals surface area contributed by atoms with Crippen molar-refractivity contribution in [1.29, 1.82) is 0 Å². The molecule has 4 aromatic rings. The lowest BCUT2D eigenvalue weighted by Crippen LogP contribution is -2.07. The molecule has 1 aromatic heterocycles. The largest absolute Gasteiger partial charge is 0.323 e. The fourth-order valence-electron chi connectivity index (χ4n) is 2.80. The zero-order valence-electron chi connectivity index (χ0n) is 15.4. The van der Waals surface area contributed by atoms with Gasteiger partial charge in [-0.3, -0.25) is 4.79 Å². The molecule has 1 heterocycles. The smallest absolute Gasteiger partial charge is 0.248 e. The molecule has 0 aliphatic rings. The molecule has 1 N–H and O–H groups in total. The van der Waals surface area contributed by atoms with E-state index >= 15 is 0 Å². The maximum atomic E-state index is 12.2. The number of benzene rings is 3. The second-order valence-corrected chi connectivity index (χ2v) is 7.59. The number of rotatable bonds is 5. The minimum atomic E-state index is -0.210. The summed E-state index contributed by atoms with van der Waals surface area (Å²) in [6, 6.07) is 25.2. The molecule has 3 aromatic carbocycles. The third-order valence-electron chi connectivity index (χ3n) is 4.29. The van der Waals surface area contributed by atoms with Crippen molar-refractivity contribution in [1.82, 2.24) is 4.98 Å². The van der Waals surface area contributed by atoms with Gasteiger partial charge in [0.25, 0.3) is 0 Å². The van der Waals surface area contributed by atoms with Crippen molar-refractivity contribution >= 4 is 40.6 Å². The molecule has 0 saturated carbocycles. The number of nitrogens with one attached hydrogen (secondary N) is 1. The molecule has 0 aliphatic carbocycles. The summed E-state index contributed by atoms with van der Waals surface area (Å²) in [6.45, 7) is 0. The minimum absolute atomic E-state index is 0.210. The van der Waals surface area contributed by atoms with E-state index in [0.29, 0.717) is 5.02 Å². The Kier molecular flexibility index (Phi) is 5.84. The number of carbonyl (C=O) groups excluding carboxylic acids is 1. The number of hydrogen-bond acceptors (Lipinski definition) is 3. The first-order valence-electron chi connectivity index (χ1n) is 9.04. The van der Waals surface area contributed by atoms with Gasteiger partial charge in [0.1, 0.15) is 5.01 Å². The van der Waals surface area contributed by atoms with Crippen LogP contribution in [0.5, 0.6) is 0 Å². The van der Waals surface area contributed by atoms with Gasteiger partial charge in [-0.1, -0.05) is 72.3 Å². The Bertz CT molecular complexity index is 1150. The second kappa shape index (κ2) is 8.86. The van der Waals surface area contributed by atoms with E-state index in [9.17, 15) is 4.79 Å².